The number of nitrogens with zero attached hydrogens (tertiary/aromatic N) is 4. The molecular formula is C9H11ClN4. The average Bonchev–Trinajstić information content (AvgIpc) is 2.52. The first kappa shape index (κ1) is 10.7. The maximum Gasteiger partial charge on any atom is 0.207 e. The second-order valence-electron chi connectivity index (χ2n) is 3.07. The van der Waals surface area contributed by atoms with Crippen molar-refractivity contribution >= 4 is 23.7 Å². The lowest BCUT2D eigenvalue weighted by Crippen LogP contribution is -2.36. The van der Waals surface area contributed by atoms with E-state index in [4.69, 9.17) is 16.9 Å². The molecule has 0 aromatic carbocycles. The molecule has 1 atom stereocenters. The molecule has 1 aliphatic heterocycles. The van der Waals surface area contributed by atoms with Crippen molar-refractivity contribution in [1.29, 1.82) is 5.26 Å². The summed E-state index contributed by atoms with van der Waals surface area (Å²) in [6, 6.07) is 0. The van der Waals surface area contributed by atoms with Crippen LogP contribution in [-0.4, -0.2) is 35.5 Å². The van der Waals surface area contributed by atoms with Gasteiger partial charge in [-0.3, -0.25) is 4.99 Å². The van der Waals surface area contributed by atoms with Gasteiger partial charge in [-0.1, -0.05) is 11.6 Å². The third-order valence-electron chi connectivity index (χ3n) is 1.95. The van der Waals surface area contributed by atoms with Crippen LogP contribution in [0.2, 0.25) is 0 Å². The summed E-state index contributed by atoms with van der Waals surface area (Å²) in [7, 11) is 1.82. The van der Waals surface area contributed by atoms with Crippen molar-refractivity contribution in [3.8, 4) is 6.19 Å². The fourth-order valence-electron chi connectivity index (χ4n) is 1.10. The monoisotopic (exact) mass is 210 g/mol. The van der Waals surface area contributed by atoms with Gasteiger partial charge in [0, 0.05) is 13.3 Å². The summed E-state index contributed by atoms with van der Waals surface area (Å²) in [5, 5.41) is 8.37. The molecule has 14 heavy (non-hydrogen) atoms. The van der Waals surface area contributed by atoms with Crippen LogP contribution >= 0.6 is 11.6 Å². The minimum atomic E-state index is -0.707. The number of hydrogen-bond donors (Lipinski definition) is 0. The molecule has 0 aromatic heterocycles. The lowest BCUT2D eigenvalue weighted by atomic mass is 10.3. The quantitative estimate of drug-likeness (QED) is 0.227. The number of alkyl halides is 1. The summed E-state index contributed by atoms with van der Waals surface area (Å²) in [4.78, 5) is 8.80. The van der Waals surface area contributed by atoms with Gasteiger partial charge in [-0.05, 0) is 19.1 Å². The Morgan fingerprint density at radius 1 is 1.79 bits per heavy atom. The van der Waals surface area contributed by atoms with Crippen molar-refractivity contribution in [3.63, 3.8) is 0 Å². The van der Waals surface area contributed by atoms with E-state index in [1.165, 1.54) is 0 Å². The molecule has 0 N–H and O–H groups in total. The largest absolute Gasteiger partial charge is 0.359 e. The Balaban J connectivity index is 2.62. The molecule has 0 saturated carbocycles. The predicted octanol–water partition coefficient (Wildman–Crippen LogP) is 1.39. The van der Waals surface area contributed by atoms with Gasteiger partial charge in [-0.2, -0.15) is 10.3 Å². The van der Waals surface area contributed by atoms with Gasteiger partial charge < -0.3 is 4.90 Å². The molecule has 0 amide bonds. The van der Waals surface area contributed by atoms with Crippen molar-refractivity contribution in [2.24, 2.45) is 9.98 Å². The van der Waals surface area contributed by atoms with E-state index in [2.05, 4.69) is 9.98 Å². The maximum atomic E-state index is 8.37. The van der Waals surface area contributed by atoms with Crippen LogP contribution in [0.25, 0.3) is 0 Å². The molecule has 0 fully saturated rings. The topological polar surface area (TPSA) is 51.8 Å². The van der Waals surface area contributed by atoms with Gasteiger partial charge in [-0.15, -0.1) is 0 Å². The summed E-state index contributed by atoms with van der Waals surface area (Å²) < 4.78 is 0. The van der Waals surface area contributed by atoms with Crippen LogP contribution in [0.4, 0.5) is 0 Å². The number of rotatable bonds is 2. The first-order valence-electron chi connectivity index (χ1n) is 4.14. The van der Waals surface area contributed by atoms with Gasteiger partial charge >= 0.3 is 0 Å². The zero-order chi connectivity index (χ0) is 10.6. The van der Waals surface area contributed by atoms with Gasteiger partial charge in [-0.25, -0.2) is 0 Å². The summed E-state index contributed by atoms with van der Waals surface area (Å²) >= 11 is 6.15. The number of hydrogen-bond acceptors (Lipinski definition) is 3. The number of likely N-dealkylation sites (N-methyl/N-ethyl adjacent to an activating group) is 1. The SMILES string of the molecule is CC(=NC#N)N(C)CC1(Cl)C=CC=N1. The first-order chi connectivity index (χ1) is 6.57. The third-order valence-corrected chi connectivity index (χ3v) is 2.29. The van der Waals surface area contributed by atoms with E-state index in [1.54, 1.807) is 30.3 Å². The molecule has 1 aliphatic rings. The molecule has 74 valence electrons. The third kappa shape index (κ3) is 2.57. The smallest absolute Gasteiger partial charge is 0.207 e. The number of allylic oxidation sites excluding steroid dienone is 1. The number of amidine groups is 1. The van der Waals surface area contributed by atoms with Gasteiger partial charge in [0.2, 0.25) is 6.19 Å². The normalized spacial score (nSPS) is 25.1. The summed E-state index contributed by atoms with van der Waals surface area (Å²) in [6.07, 6.45) is 7.01. The van der Waals surface area contributed by atoms with E-state index >= 15 is 0 Å². The van der Waals surface area contributed by atoms with Crippen LogP contribution in [0.15, 0.2) is 22.1 Å². The van der Waals surface area contributed by atoms with Crippen molar-refractivity contribution in [2.45, 2.75) is 11.9 Å². The summed E-state index contributed by atoms with van der Waals surface area (Å²) in [5.41, 5.74) is 0. The van der Waals surface area contributed by atoms with Crippen LogP contribution in [0, 0.1) is 11.5 Å². The van der Waals surface area contributed by atoms with E-state index in [9.17, 15) is 0 Å². The van der Waals surface area contributed by atoms with E-state index in [-0.39, 0.29) is 0 Å². The molecular weight excluding hydrogens is 200 g/mol. The molecule has 5 heteroatoms. The molecule has 1 heterocycles. The van der Waals surface area contributed by atoms with Gasteiger partial charge in [0.15, 0.2) is 5.00 Å². The van der Waals surface area contributed by atoms with Gasteiger partial charge in [0.25, 0.3) is 0 Å². The highest BCUT2D eigenvalue weighted by Gasteiger charge is 2.26. The second kappa shape index (κ2) is 4.25. The molecule has 0 saturated heterocycles. The maximum absolute atomic E-state index is 8.37. The molecule has 1 rings (SSSR count). The Morgan fingerprint density at radius 3 is 3.00 bits per heavy atom. The minimum Gasteiger partial charge on any atom is -0.359 e. The van der Waals surface area contributed by atoms with Crippen LogP contribution < -0.4 is 0 Å². The Morgan fingerprint density at radius 2 is 2.50 bits per heavy atom. The van der Waals surface area contributed by atoms with Crippen LogP contribution in [0.3, 0.4) is 0 Å². The predicted molar refractivity (Wildman–Crippen MR) is 57.6 cm³/mol. The fraction of sp³-hybridized carbons (Fsp3) is 0.444. The van der Waals surface area contributed by atoms with Crippen LogP contribution in [0.1, 0.15) is 6.92 Å². The van der Waals surface area contributed by atoms with Crippen LogP contribution in [0.5, 0.6) is 0 Å². The molecule has 0 spiro atoms. The highest BCUT2D eigenvalue weighted by Crippen LogP contribution is 2.23. The number of nitriles is 1. The van der Waals surface area contributed by atoms with Crippen molar-refractivity contribution in [2.75, 3.05) is 13.6 Å². The van der Waals surface area contributed by atoms with Gasteiger partial charge in [0.1, 0.15) is 5.84 Å². The van der Waals surface area contributed by atoms with Crippen LogP contribution in [-0.2, 0) is 0 Å². The Kier molecular flexibility index (Phi) is 3.26. The lowest BCUT2D eigenvalue weighted by molar-refractivity contribution is 0.459. The molecule has 0 aliphatic carbocycles. The van der Waals surface area contributed by atoms with Gasteiger partial charge in [0.05, 0.1) is 6.54 Å². The Labute approximate surface area is 88.2 Å². The lowest BCUT2D eigenvalue weighted by Gasteiger charge is -2.24. The Hall–Kier alpha value is -1.34. The van der Waals surface area contributed by atoms with Crippen molar-refractivity contribution < 1.29 is 0 Å². The van der Waals surface area contributed by atoms with E-state index in [1.807, 2.05) is 13.1 Å². The van der Waals surface area contributed by atoms with E-state index < -0.39 is 5.00 Å². The second-order valence-corrected chi connectivity index (χ2v) is 3.73. The molecule has 0 bridgehead atoms. The summed E-state index contributed by atoms with van der Waals surface area (Å²) in [6.45, 7) is 2.25. The Bertz CT molecular complexity index is 325. The molecule has 1 unspecified atom stereocenters. The van der Waals surface area contributed by atoms with Crippen molar-refractivity contribution in [1.82, 2.24) is 4.90 Å². The van der Waals surface area contributed by atoms with E-state index in [0.717, 1.165) is 0 Å². The molecule has 4 nitrogen and oxygen atoms in total. The average molecular weight is 211 g/mol. The number of aliphatic imine (C=N–C) groups is 2. The fourth-order valence-corrected chi connectivity index (χ4v) is 1.41. The van der Waals surface area contributed by atoms with Crippen molar-refractivity contribution in [3.05, 3.63) is 12.2 Å². The highest BCUT2D eigenvalue weighted by atomic mass is 35.5. The highest BCUT2D eigenvalue weighted by molar-refractivity contribution is 6.26. The standard InChI is InChI=1S/C9H11ClN4/c1-8(12-7-11)14(2)6-9(10)4-3-5-13-9/h3-5H,6H2,1-2H3. The zero-order valence-corrected chi connectivity index (χ0v) is 8.86. The zero-order valence-electron chi connectivity index (χ0n) is 8.11. The molecule has 0 radical (unpaired) electrons. The summed E-state index contributed by atoms with van der Waals surface area (Å²) in [5.74, 6) is 0.628. The minimum absolute atomic E-state index is 0.499. The van der Waals surface area contributed by atoms with E-state index in [0.29, 0.717) is 12.4 Å². The first-order valence-corrected chi connectivity index (χ1v) is 4.52. The number of halogens is 1. The molecule has 0 aromatic rings.